The molecule has 0 spiro atoms. The molecule has 18 heavy (non-hydrogen) atoms. The average Bonchev–Trinajstić information content (AvgIpc) is 2.28. The second-order valence-corrected chi connectivity index (χ2v) is 3.67. The van der Waals surface area contributed by atoms with Crippen LogP contribution in [0.25, 0.3) is 0 Å². The predicted octanol–water partition coefficient (Wildman–Crippen LogP) is 0.892. The number of pyridine rings is 1. The molecule has 0 fully saturated rings. The predicted molar refractivity (Wildman–Crippen MR) is 59.9 cm³/mol. The van der Waals surface area contributed by atoms with Gasteiger partial charge in [0.05, 0.1) is 13.1 Å². The summed E-state index contributed by atoms with van der Waals surface area (Å²) in [5, 5.41) is 4.55. The van der Waals surface area contributed by atoms with Gasteiger partial charge in [-0.05, 0) is 24.1 Å². The maximum atomic E-state index is 11.8. The number of aromatic nitrogens is 1. The molecule has 0 bridgehead atoms. The molecule has 0 aliphatic rings. The average molecular weight is 261 g/mol. The molecular weight excluding hydrogens is 247 g/mol. The molecule has 0 radical (unpaired) electrons. The van der Waals surface area contributed by atoms with Crippen molar-refractivity contribution in [2.24, 2.45) is 0 Å². The number of halogens is 3. The first kappa shape index (κ1) is 14.4. The molecule has 1 aromatic rings. The number of amides is 1. The van der Waals surface area contributed by atoms with Gasteiger partial charge < -0.3 is 10.6 Å². The Hall–Kier alpha value is -1.63. The van der Waals surface area contributed by atoms with Crippen LogP contribution in [0.4, 0.5) is 13.2 Å². The molecule has 0 saturated carbocycles. The summed E-state index contributed by atoms with van der Waals surface area (Å²) in [6.45, 7) is -1.11. The third-order valence-electron chi connectivity index (χ3n) is 2.10. The van der Waals surface area contributed by atoms with Gasteiger partial charge in [0.2, 0.25) is 5.91 Å². The molecule has 7 heteroatoms. The van der Waals surface area contributed by atoms with Crippen molar-refractivity contribution in [1.82, 2.24) is 15.6 Å². The minimum atomic E-state index is -4.29. The second kappa shape index (κ2) is 6.95. The molecule has 0 aliphatic heterocycles. The molecule has 1 aromatic heterocycles. The molecule has 1 heterocycles. The van der Waals surface area contributed by atoms with Crippen LogP contribution in [0.5, 0.6) is 0 Å². The number of nitrogens with zero attached hydrogens (tertiary/aromatic N) is 1. The van der Waals surface area contributed by atoms with E-state index in [4.69, 9.17) is 0 Å². The Morgan fingerprint density at radius 2 is 1.94 bits per heavy atom. The van der Waals surface area contributed by atoms with Gasteiger partial charge in [0.25, 0.3) is 0 Å². The molecule has 0 aliphatic carbocycles. The van der Waals surface area contributed by atoms with E-state index in [9.17, 15) is 18.0 Å². The minimum absolute atomic E-state index is 0.337. The van der Waals surface area contributed by atoms with Crippen molar-refractivity contribution in [2.75, 3.05) is 19.6 Å². The van der Waals surface area contributed by atoms with Crippen LogP contribution in [-0.2, 0) is 11.2 Å². The summed E-state index contributed by atoms with van der Waals surface area (Å²) in [5.41, 5.74) is 1.01. The van der Waals surface area contributed by atoms with Crippen molar-refractivity contribution in [3.8, 4) is 0 Å². The highest BCUT2D eigenvalue weighted by Crippen LogP contribution is 2.11. The first-order valence-electron chi connectivity index (χ1n) is 5.40. The summed E-state index contributed by atoms with van der Waals surface area (Å²) in [5.74, 6) is -0.451. The van der Waals surface area contributed by atoms with Crippen LogP contribution in [0.15, 0.2) is 24.5 Å². The molecule has 1 rings (SSSR count). The van der Waals surface area contributed by atoms with Gasteiger partial charge >= 0.3 is 6.18 Å². The lowest BCUT2D eigenvalue weighted by atomic mass is 10.2. The van der Waals surface area contributed by atoms with Gasteiger partial charge in [0.15, 0.2) is 0 Å². The normalized spacial score (nSPS) is 11.3. The van der Waals surface area contributed by atoms with E-state index in [0.29, 0.717) is 13.0 Å². The topological polar surface area (TPSA) is 54.0 Å². The van der Waals surface area contributed by atoms with Gasteiger partial charge in [-0.15, -0.1) is 0 Å². The summed E-state index contributed by atoms with van der Waals surface area (Å²) in [6, 6.07) is 3.63. The van der Waals surface area contributed by atoms with E-state index in [1.807, 2.05) is 17.4 Å². The number of rotatable bonds is 6. The Morgan fingerprint density at radius 3 is 2.56 bits per heavy atom. The van der Waals surface area contributed by atoms with E-state index in [1.165, 1.54) is 0 Å². The van der Waals surface area contributed by atoms with Crippen LogP contribution in [0.1, 0.15) is 5.56 Å². The van der Waals surface area contributed by atoms with E-state index < -0.39 is 18.6 Å². The Morgan fingerprint density at radius 1 is 1.28 bits per heavy atom. The quantitative estimate of drug-likeness (QED) is 0.799. The monoisotopic (exact) mass is 261 g/mol. The van der Waals surface area contributed by atoms with Crippen molar-refractivity contribution in [3.63, 3.8) is 0 Å². The number of hydrogen-bond donors (Lipinski definition) is 2. The summed E-state index contributed by atoms with van der Waals surface area (Å²) in [7, 11) is 0. The fourth-order valence-electron chi connectivity index (χ4n) is 1.28. The highest BCUT2D eigenvalue weighted by atomic mass is 19.4. The number of alkyl halides is 3. The van der Waals surface area contributed by atoms with Gasteiger partial charge in [0.1, 0.15) is 0 Å². The number of nitrogens with one attached hydrogen (secondary N) is 2. The number of hydrogen-bond acceptors (Lipinski definition) is 3. The summed E-state index contributed by atoms with van der Waals surface area (Å²) < 4.78 is 35.3. The molecule has 100 valence electrons. The van der Waals surface area contributed by atoms with Crippen molar-refractivity contribution in [3.05, 3.63) is 30.1 Å². The second-order valence-electron chi connectivity index (χ2n) is 3.67. The molecule has 0 aromatic carbocycles. The van der Waals surface area contributed by atoms with Gasteiger partial charge in [0, 0.05) is 18.9 Å². The Balaban J connectivity index is 2.11. The standard InChI is InChI=1S/C11H14F3N3O/c12-11(13,14)8-16-7-10(18)17-6-3-9-1-4-15-5-2-9/h1-2,4-5,16H,3,6-8H2,(H,17,18). The molecule has 2 N–H and O–H groups in total. The van der Waals surface area contributed by atoms with Crippen LogP contribution in [0.2, 0.25) is 0 Å². The highest BCUT2D eigenvalue weighted by molar-refractivity contribution is 5.77. The van der Waals surface area contributed by atoms with Gasteiger partial charge in [-0.2, -0.15) is 13.2 Å². The van der Waals surface area contributed by atoms with Crippen LogP contribution >= 0.6 is 0 Å². The Kier molecular flexibility index (Phi) is 5.57. The largest absolute Gasteiger partial charge is 0.401 e. The molecule has 4 nitrogen and oxygen atoms in total. The fraction of sp³-hybridized carbons (Fsp3) is 0.455. The van der Waals surface area contributed by atoms with Crippen LogP contribution < -0.4 is 10.6 Å². The zero-order valence-electron chi connectivity index (χ0n) is 9.63. The lowest BCUT2D eigenvalue weighted by molar-refractivity contribution is -0.128. The van der Waals surface area contributed by atoms with E-state index >= 15 is 0 Å². The van der Waals surface area contributed by atoms with Gasteiger partial charge in [-0.25, -0.2) is 0 Å². The highest BCUT2D eigenvalue weighted by Gasteiger charge is 2.26. The van der Waals surface area contributed by atoms with Gasteiger partial charge in [-0.3, -0.25) is 9.78 Å². The van der Waals surface area contributed by atoms with Crippen LogP contribution in [0, 0.1) is 0 Å². The SMILES string of the molecule is O=C(CNCC(F)(F)F)NCCc1ccncc1. The fourth-order valence-corrected chi connectivity index (χ4v) is 1.28. The maximum Gasteiger partial charge on any atom is 0.401 e. The van der Waals surface area contributed by atoms with Crippen LogP contribution in [-0.4, -0.2) is 36.7 Å². The van der Waals surface area contributed by atoms with E-state index in [0.717, 1.165) is 5.56 Å². The first-order chi connectivity index (χ1) is 8.47. The van der Waals surface area contributed by atoms with Gasteiger partial charge in [-0.1, -0.05) is 0 Å². The maximum absolute atomic E-state index is 11.8. The van der Waals surface area contributed by atoms with Crippen molar-refractivity contribution in [2.45, 2.75) is 12.6 Å². The lowest BCUT2D eigenvalue weighted by Gasteiger charge is -2.08. The summed E-state index contributed by atoms with van der Waals surface area (Å²) in [6.07, 6.45) is -0.394. The summed E-state index contributed by atoms with van der Waals surface area (Å²) >= 11 is 0. The molecule has 0 unspecified atom stereocenters. The first-order valence-corrected chi connectivity index (χ1v) is 5.40. The molecule has 1 amide bonds. The molecular formula is C11H14F3N3O. The van der Waals surface area contributed by atoms with E-state index in [-0.39, 0.29) is 6.54 Å². The third kappa shape index (κ3) is 6.85. The minimum Gasteiger partial charge on any atom is -0.355 e. The summed E-state index contributed by atoms with van der Waals surface area (Å²) in [4.78, 5) is 15.0. The van der Waals surface area contributed by atoms with Crippen LogP contribution in [0.3, 0.4) is 0 Å². The molecule has 0 atom stereocenters. The van der Waals surface area contributed by atoms with Crippen molar-refractivity contribution < 1.29 is 18.0 Å². The third-order valence-corrected chi connectivity index (χ3v) is 2.10. The van der Waals surface area contributed by atoms with Crippen molar-refractivity contribution in [1.29, 1.82) is 0 Å². The number of carbonyl (C=O) groups excluding carboxylic acids is 1. The Labute approximate surface area is 103 Å². The van der Waals surface area contributed by atoms with E-state index in [1.54, 1.807) is 12.4 Å². The number of carbonyl (C=O) groups is 1. The zero-order valence-corrected chi connectivity index (χ0v) is 9.63. The smallest absolute Gasteiger partial charge is 0.355 e. The Bertz CT molecular complexity index is 368. The van der Waals surface area contributed by atoms with E-state index in [2.05, 4.69) is 10.3 Å². The molecule has 0 saturated heterocycles. The lowest BCUT2D eigenvalue weighted by Crippen LogP contribution is -2.38. The zero-order chi connectivity index (χ0) is 13.4. The van der Waals surface area contributed by atoms with Crippen molar-refractivity contribution >= 4 is 5.91 Å².